The molecule has 0 unspecified atom stereocenters. The third-order valence-electron chi connectivity index (χ3n) is 3.29. The smallest absolute Gasteiger partial charge is 0.288 e. The topological polar surface area (TPSA) is 122 Å². The number of fused-ring (bicyclic) bond motifs is 1. The summed E-state index contributed by atoms with van der Waals surface area (Å²) in [6, 6.07) is 0. The fourth-order valence-corrected chi connectivity index (χ4v) is 2.53. The maximum absolute atomic E-state index is 11.0. The van der Waals surface area contributed by atoms with Crippen molar-refractivity contribution in [2.75, 3.05) is 6.61 Å². The Labute approximate surface area is 114 Å². The van der Waals surface area contributed by atoms with E-state index in [1.54, 1.807) is 13.8 Å². The van der Waals surface area contributed by atoms with Crippen LogP contribution >= 0.6 is 0 Å². The molecule has 3 rings (SSSR count). The molecule has 2 aliphatic rings. The molecule has 0 aromatic carbocycles. The monoisotopic (exact) mass is 284 g/mol. The molecule has 9 nitrogen and oxygen atoms in total. The van der Waals surface area contributed by atoms with Crippen LogP contribution in [0.15, 0.2) is 6.33 Å². The SMILES string of the molecule is CC1(C)O[C@@H]2[C@@H](O1)[C@@H](n1cnc(C(N)=O)n1)O[C@@H]2CO. The first-order valence-corrected chi connectivity index (χ1v) is 6.24. The molecule has 2 fully saturated rings. The molecule has 20 heavy (non-hydrogen) atoms. The first-order valence-electron chi connectivity index (χ1n) is 6.24. The lowest BCUT2D eigenvalue weighted by Crippen LogP contribution is -2.31. The van der Waals surface area contributed by atoms with Gasteiger partial charge >= 0.3 is 0 Å². The van der Waals surface area contributed by atoms with Crippen LogP contribution < -0.4 is 5.73 Å². The highest BCUT2D eigenvalue weighted by Crippen LogP contribution is 2.42. The van der Waals surface area contributed by atoms with E-state index in [-0.39, 0.29) is 12.4 Å². The number of amides is 1. The summed E-state index contributed by atoms with van der Waals surface area (Å²) in [6.45, 7) is 3.37. The third-order valence-corrected chi connectivity index (χ3v) is 3.29. The Hall–Kier alpha value is -1.55. The number of aliphatic hydroxyl groups is 1. The van der Waals surface area contributed by atoms with Crippen molar-refractivity contribution in [3.63, 3.8) is 0 Å². The van der Waals surface area contributed by atoms with Gasteiger partial charge in [-0.2, -0.15) is 0 Å². The number of aromatic nitrogens is 3. The van der Waals surface area contributed by atoms with E-state index in [4.69, 9.17) is 19.9 Å². The van der Waals surface area contributed by atoms with Crippen molar-refractivity contribution in [1.29, 1.82) is 0 Å². The molecule has 0 spiro atoms. The van der Waals surface area contributed by atoms with Crippen LogP contribution in [0.25, 0.3) is 0 Å². The second-order valence-electron chi connectivity index (χ2n) is 5.22. The molecule has 1 amide bonds. The van der Waals surface area contributed by atoms with E-state index in [0.29, 0.717) is 0 Å². The molecule has 9 heteroatoms. The Morgan fingerprint density at radius 1 is 1.50 bits per heavy atom. The first-order chi connectivity index (χ1) is 9.41. The third kappa shape index (κ3) is 2.08. The standard InChI is InChI=1S/C11H16N4O5/c1-11(2)19-6-5(3-16)18-10(7(6)20-11)15-4-13-9(14-15)8(12)17/h4-7,10,16H,3H2,1-2H3,(H2,12,17)/t5-,6+,7-,10+/m1/s1. The highest BCUT2D eigenvalue weighted by molar-refractivity contribution is 5.88. The maximum atomic E-state index is 11.0. The van der Waals surface area contributed by atoms with Gasteiger partial charge in [0.2, 0.25) is 5.82 Å². The minimum atomic E-state index is -0.766. The van der Waals surface area contributed by atoms with Gasteiger partial charge in [-0.3, -0.25) is 4.79 Å². The molecule has 2 aliphatic heterocycles. The molecule has 4 atom stereocenters. The Morgan fingerprint density at radius 2 is 2.20 bits per heavy atom. The summed E-state index contributed by atoms with van der Waals surface area (Å²) < 4.78 is 18.5. The van der Waals surface area contributed by atoms with Crippen LogP contribution in [0.5, 0.6) is 0 Å². The number of primary amides is 1. The lowest BCUT2D eigenvalue weighted by atomic mass is 10.1. The van der Waals surface area contributed by atoms with Crippen LogP contribution in [0.2, 0.25) is 0 Å². The largest absolute Gasteiger partial charge is 0.394 e. The highest BCUT2D eigenvalue weighted by Gasteiger charge is 2.56. The Morgan fingerprint density at radius 3 is 2.80 bits per heavy atom. The van der Waals surface area contributed by atoms with Crippen molar-refractivity contribution in [2.45, 2.75) is 44.2 Å². The molecule has 3 N–H and O–H groups in total. The zero-order valence-electron chi connectivity index (χ0n) is 11.1. The van der Waals surface area contributed by atoms with Crippen molar-refractivity contribution in [3.8, 4) is 0 Å². The summed E-state index contributed by atoms with van der Waals surface area (Å²) in [7, 11) is 0. The van der Waals surface area contributed by atoms with Gasteiger partial charge in [-0.25, -0.2) is 9.67 Å². The number of hydrogen-bond acceptors (Lipinski definition) is 7. The van der Waals surface area contributed by atoms with Gasteiger partial charge in [0.1, 0.15) is 24.6 Å². The van der Waals surface area contributed by atoms with Gasteiger partial charge in [0.25, 0.3) is 5.91 Å². The summed E-state index contributed by atoms with van der Waals surface area (Å²) in [6.07, 6.45) is -0.644. The van der Waals surface area contributed by atoms with Gasteiger partial charge in [0.15, 0.2) is 12.0 Å². The molecule has 0 bridgehead atoms. The van der Waals surface area contributed by atoms with Gasteiger partial charge in [0, 0.05) is 0 Å². The number of carbonyl (C=O) groups is 1. The summed E-state index contributed by atoms with van der Waals surface area (Å²) in [5.74, 6) is -1.59. The highest BCUT2D eigenvalue weighted by atomic mass is 16.8. The lowest BCUT2D eigenvalue weighted by Gasteiger charge is -2.23. The number of hydrogen-bond donors (Lipinski definition) is 2. The molecule has 3 heterocycles. The predicted molar refractivity (Wildman–Crippen MR) is 63.4 cm³/mol. The molecular weight excluding hydrogens is 268 g/mol. The van der Waals surface area contributed by atoms with E-state index < -0.39 is 36.2 Å². The first kappa shape index (κ1) is 13.4. The van der Waals surface area contributed by atoms with Crippen molar-refractivity contribution < 1.29 is 24.1 Å². The van der Waals surface area contributed by atoms with E-state index in [0.717, 1.165) is 0 Å². The number of carbonyl (C=O) groups excluding carboxylic acids is 1. The minimum absolute atomic E-state index is 0.101. The van der Waals surface area contributed by atoms with Crippen molar-refractivity contribution in [1.82, 2.24) is 14.8 Å². The average molecular weight is 284 g/mol. The Bertz CT molecular complexity index is 531. The van der Waals surface area contributed by atoms with Gasteiger partial charge < -0.3 is 25.1 Å². The van der Waals surface area contributed by atoms with Crippen molar-refractivity contribution in [3.05, 3.63) is 12.2 Å². The lowest BCUT2D eigenvalue weighted by molar-refractivity contribution is -0.201. The number of nitrogens with two attached hydrogens (primary N) is 1. The fraction of sp³-hybridized carbons (Fsp3) is 0.727. The Balaban J connectivity index is 1.87. The predicted octanol–water partition coefficient (Wildman–Crippen LogP) is -1.21. The van der Waals surface area contributed by atoms with Crippen LogP contribution in [-0.2, 0) is 14.2 Å². The van der Waals surface area contributed by atoms with Crippen LogP contribution in [0.4, 0.5) is 0 Å². The molecule has 1 aromatic heterocycles. The van der Waals surface area contributed by atoms with E-state index in [2.05, 4.69) is 10.1 Å². The second kappa shape index (κ2) is 4.48. The fourth-order valence-electron chi connectivity index (χ4n) is 2.53. The minimum Gasteiger partial charge on any atom is -0.394 e. The molecule has 0 aliphatic carbocycles. The summed E-state index contributed by atoms with van der Waals surface area (Å²) in [4.78, 5) is 14.8. The van der Waals surface area contributed by atoms with E-state index in [9.17, 15) is 9.90 Å². The van der Waals surface area contributed by atoms with Crippen LogP contribution in [-0.4, -0.2) is 56.5 Å². The molecule has 0 radical (unpaired) electrons. The van der Waals surface area contributed by atoms with E-state index >= 15 is 0 Å². The van der Waals surface area contributed by atoms with Crippen molar-refractivity contribution in [2.24, 2.45) is 5.73 Å². The average Bonchev–Trinajstić information content (AvgIpc) is 3.01. The number of ether oxygens (including phenoxy) is 3. The number of nitrogens with zero attached hydrogens (tertiary/aromatic N) is 3. The zero-order chi connectivity index (χ0) is 14.5. The van der Waals surface area contributed by atoms with Gasteiger partial charge in [-0.1, -0.05) is 0 Å². The molecular formula is C11H16N4O5. The molecule has 2 saturated heterocycles. The zero-order valence-corrected chi connectivity index (χ0v) is 11.1. The summed E-state index contributed by atoms with van der Waals surface area (Å²) in [5.41, 5.74) is 5.12. The second-order valence-corrected chi connectivity index (χ2v) is 5.22. The van der Waals surface area contributed by atoms with Gasteiger partial charge in [-0.05, 0) is 13.8 Å². The van der Waals surface area contributed by atoms with Crippen LogP contribution in [0.1, 0.15) is 30.7 Å². The van der Waals surface area contributed by atoms with Crippen molar-refractivity contribution >= 4 is 5.91 Å². The maximum Gasteiger partial charge on any atom is 0.288 e. The van der Waals surface area contributed by atoms with Gasteiger partial charge in [-0.15, -0.1) is 5.10 Å². The number of aliphatic hydroxyl groups excluding tert-OH is 1. The normalized spacial score (nSPS) is 35.1. The Kier molecular flexibility index (Phi) is 3.01. The molecule has 1 aromatic rings. The molecule has 0 saturated carbocycles. The summed E-state index contributed by atoms with van der Waals surface area (Å²) >= 11 is 0. The van der Waals surface area contributed by atoms with E-state index in [1.807, 2.05) is 0 Å². The molecule has 110 valence electrons. The number of rotatable bonds is 3. The van der Waals surface area contributed by atoms with Gasteiger partial charge in [0.05, 0.1) is 6.61 Å². The quantitative estimate of drug-likeness (QED) is 0.713. The van der Waals surface area contributed by atoms with Crippen LogP contribution in [0, 0.1) is 0 Å². The summed E-state index contributed by atoms with van der Waals surface area (Å²) in [5, 5.41) is 13.3. The van der Waals surface area contributed by atoms with Crippen LogP contribution in [0.3, 0.4) is 0 Å². The van der Waals surface area contributed by atoms with E-state index in [1.165, 1.54) is 11.0 Å².